The van der Waals surface area contributed by atoms with Gasteiger partial charge in [-0.1, -0.05) is 12.1 Å². The minimum atomic E-state index is -0.158. The van der Waals surface area contributed by atoms with Gasteiger partial charge in [0.25, 0.3) is 0 Å². The van der Waals surface area contributed by atoms with Crippen molar-refractivity contribution in [3.63, 3.8) is 0 Å². The molecule has 1 aromatic carbocycles. The summed E-state index contributed by atoms with van der Waals surface area (Å²) in [5, 5.41) is 0. The zero-order valence-corrected chi connectivity index (χ0v) is 16.8. The lowest BCUT2D eigenvalue weighted by Crippen LogP contribution is -2.29. The maximum absolute atomic E-state index is 13.8. The molecule has 0 amide bonds. The standard InChI is InChI=1S/C22H28BrFO2/c1-2-3-22(25)26-19-11-8-16(9-12-19)15-4-6-17(7-5-15)18-10-13-20(23)21(24)14-18/h2,10,13-17,19H,1,3-9,11-12H2/t15-,16-,17-,19-. The summed E-state index contributed by atoms with van der Waals surface area (Å²) in [5.74, 6) is 1.72. The number of esters is 1. The monoisotopic (exact) mass is 422 g/mol. The van der Waals surface area contributed by atoms with E-state index in [4.69, 9.17) is 4.74 Å². The lowest BCUT2D eigenvalue weighted by atomic mass is 9.69. The van der Waals surface area contributed by atoms with Crippen LogP contribution in [0.4, 0.5) is 4.39 Å². The molecule has 0 bridgehead atoms. The van der Waals surface area contributed by atoms with Crippen LogP contribution in [0.3, 0.4) is 0 Å². The fourth-order valence-electron chi connectivity index (χ4n) is 4.72. The van der Waals surface area contributed by atoms with Gasteiger partial charge in [0.15, 0.2) is 0 Å². The molecule has 0 radical (unpaired) electrons. The summed E-state index contributed by atoms with van der Waals surface area (Å²) >= 11 is 3.23. The van der Waals surface area contributed by atoms with Crippen LogP contribution in [0.2, 0.25) is 0 Å². The van der Waals surface area contributed by atoms with E-state index in [2.05, 4.69) is 28.6 Å². The molecule has 2 fully saturated rings. The second-order valence-electron chi connectivity index (χ2n) is 7.80. The van der Waals surface area contributed by atoms with Crippen LogP contribution in [-0.4, -0.2) is 12.1 Å². The zero-order chi connectivity index (χ0) is 18.5. The van der Waals surface area contributed by atoms with Crippen molar-refractivity contribution in [1.29, 1.82) is 0 Å². The molecule has 1 aromatic rings. The summed E-state index contributed by atoms with van der Waals surface area (Å²) in [6, 6.07) is 5.57. The molecule has 4 heteroatoms. The van der Waals surface area contributed by atoms with Crippen molar-refractivity contribution in [3.05, 3.63) is 46.7 Å². The van der Waals surface area contributed by atoms with Crippen LogP contribution in [0, 0.1) is 17.7 Å². The van der Waals surface area contributed by atoms with Gasteiger partial charge in [-0.2, -0.15) is 0 Å². The summed E-state index contributed by atoms with van der Waals surface area (Å²) < 4.78 is 19.8. The molecule has 0 spiro atoms. The molecule has 0 atom stereocenters. The number of hydrogen-bond acceptors (Lipinski definition) is 2. The highest BCUT2D eigenvalue weighted by atomic mass is 79.9. The zero-order valence-electron chi connectivity index (χ0n) is 15.3. The van der Waals surface area contributed by atoms with Gasteiger partial charge in [0, 0.05) is 0 Å². The average molecular weight is 423 g/mol. The molecule has 0 aliphatic heterocycles. The van der Waals surface area contributed by atoms with E-state index in [1.54, 1.807) is 12.1 Å². The van der Waals surface area contributed by atoms with E-state index in [0.717, 1.165) is 55.9 Å². The van der Waals surface area contributed by atoms with Crippen LogP contribution in [0.15, 0.2) is 35.3 Å². The summed E-state index contributed by atoms with van der Waals surface area (Å²) in [7, 11) is 0. The second-order valence-corrected chi connectivity index (χ2v) is 8.66. The summed E-state index contributed by atoms with van der Waals surface area (Å²) in [6.45, 7) is 3.58. The molecule has 142 valence electrons. The lowest BCUT2D eigenvalue weighted by Gasteiger charge is -2.37. The number of rotatable bonds is 5. The van der Waals surface area contributed by atoms with E-state index in [1.165, 1.54) is 12.8 Å². The SMILES string of the molecule is C=CCC(=O)O[C@H]1CC[C@H]([C@H]2CC[C@H](c3ccc(Br)c(F)c3)CC2)CC1. The van der Waals surface area contributed by atoms with Gasteiger partial charge in [-0.05, 0) is 103 Å². The quantitative estimate of drug-likeness (QED) is 0.397. The summed E-state index contributed by atoms with van der Waals surface area (Å²) in [6.07, 6.45) is 11.1. The molecule has 0 unspecified atom stereocenters. The fourth-order valence-corrected chi connectivity index (χ4v) is 4.97. The smallest absolute Gasteiger partial charge is 0.309 e. The van der Waals surface area contributed by atoms with Crippen LogP contribution in [-0.2, 0) is 9.53 Å². The first-order chi connectivity index (χ1) is 12.6. The molecular formula is C22H28BrFO2. The van der Waals surface area contributed by atoms with E-state index in [0.29, 0.717) is 16.8 Å². The van der Waals surface area contributed by atoms with Crippen LogP contribution in [0.25, 0.3) is 0 Å². The Bertz CT molecular complexity index is 629. The third-order valence-corrected chi connectivity index (χ3v) is 6.82. The lowest BCUT2D eigenvalue weighted by molar-refractivity contribution is -0.150. The van der Waals surface area contributed by atoms with E-state index in [-0.39, 0.29) is 17.9 Å². The predicted molar refractivity (Wildman–Crippen MR) is 105 cm³/mol. The number of carbonyl (C=O) groups excluding carboxylic acids is 1. The maximum atomic E-state index is 13.8. The normalized spacial score (nSPS) is 29.2. The van der Waals surface area contributed by atoms with Gasteiger partial charge in [0.2, 0.25) is 0 Å². The Hall–Kier alpha value is -1.16. The number of ether oxygens (including phenoxy) is 1. The molecule has 2 nitrogen and oxygen atoms in total. The maximum Gasteiger partial charge on any atom is 0.309 e. The first-order valence-electron chi connectivity index (χ1n) is 9.82. The summed E-state index contributed by atoms with van der Waals surface area (Å²) in [4.78, 5) is 11.6. The number of carbonyl (C=O) groups is 1. The van der Waals surface area contributed by atoms with Crippen LogP contribution < -0.4 is 0 Å². The molecule has 0 aromatic heterocycles. The molecule has 26 heavy (non-hydrogen) atoms. The third kappa shape index (κ3) is 4.97. The molecule has 2 aliphatic rings. The Morgan fingerprint density at radius 3 is 2.31 bits per heavy atom. The second kappa shape index (κ2) is 9.16. The Morgan fingerprint density at radius 2 is 1.73 bits per heavy atom. The van der Waals surface area contributed by atoms with Crippen LogP contribution in [0.5, 0.6) is 0 Å². The van der Waals surface area contributed by atoms with E-state index in [9.17, 15) is 9.18 Å². The van der Waals surface area contributed by atoms with Gasteiger partial charge >= 0.3 is 5.97 Å². The highest BCUT2D eigenvalue weighted by Crippen LogP contribution is 2.43. The molecular weight excluding hydrogens is 395 g/mol. The van der Waals surface area contributed by atoms with Crippen molar-refractivity contribution < 1.29 is 13.9 Å². The van der Waals surface area contributed by atoms with Gasteiger partial charge in [0.1, 0.15) is 11.9 Å². The van der Waals surface area contributed by atoms with Crippen molar-refractivity contribution in [2.24, 2.45) is 11.8 Å². The van der Waals surface area contributed by atoms with Crippen molar-refractivity contribution in [1.82, 2.24) is 0 Å². The highest BCUT2D eigenvalue weighted by molar-refractivity contribution is 9.10. The van der Waals surface area contributed by atoms with Crippen molar-refractivity contribution in [3.8, 4) is 0 Å². The van der Waals surface area contributed by atoms with E-state index >= 15 is 0 Å². The number of hydrogen-bond donors (Lipinski definition) is 0. The number of halogens is 2. The Morgan fingerprint density at radius 1 is 1.12 bits per heavy atom. The topological polar surface area (TPSA) is 26.3 Å². The molecule has 0 N–H and O–H groups in total. The van der Waals surface area contributed by atoms with Crippen LogP contribution in [0.1, 0.15) is 69.3 Å². The predicted octanol–water partition coefficient (Wildman–Crippen LogP) is 6.54. The highest BCUT2D eigenvalue weighted by Gasteiger charge is 2.32. The van der Waals surface area contributed by atoms with Gasteiger partial charge in [0.05, 0.1) is 10.9 Å². The molecule has 0 heterocycles. The fraction of sp³-hybridized carbons (Fsp3) is 0.591. The summed E-state index contributed by atoms with van der Waals surface area (Å²) in [5.41, 5.74) is 1.14. The largest absolute Gasteiger partial charge is 0.462 e. The Balaban J connectivity index is 1.45. The molecule has 2 saturated carbocycles. The minimum absolute atomic E-state index is 0.0979. The van der Waals surface area contributed by atoms with Crippen molar-refractivity contribution >= 4 is 21.9 Å². The first kappa shape index (κ1) is 19.6. The van der Waals surface area contributed by atoms with Crippen molar-refractivity contribution in [2.75, 3.05) is 0 Å². The minimum Gasteiger partial charge on any atom is -0.462 e. The average Bonchev–Trinajstić information content (AvgIpc) is 2.65. The van der Waals surface area contributed by atoms with Gasteiger partial charge in [-0.3, -0.25) is 4.79 Å². The van der Waals surface area contributed by atoms with Crippen LogP contribution >= 0.6 is 15.9 Å². The van der Waals surface area contributed by atoms with Crippen molar-refractivity contribution in [2.45, 2.75) is 69.8 Å². The molecule has 3 rings (SSSR count). The first-order valence-corrected chi connectivity index (χ1v) is 10.6. The Kier molecular flexibility index (Phi) is 6.91. The van der Waals surface area contributed by atoms with Gasteiger partial charge in [-0.25, -0.2) is 4.39 Å². The molecule has 2 aliphatic carbocycles. The van der Waals surface area contributed by atoms with E-state index in [1.807, 2.05) is 6.07 Å². The number of benzene rings is 1. The van der Waals surface area contributed by atoms with Gasteiger partial charge < -0.3 is 4.74 Å². The van der Waals surface area contributed by atoms with E-state index < -0.39 is 0 Å². The van der Waals surface area contributed by atoms with Gasteiger partial charge in [-0.15, -0.1) is 6.58 Å². The third-order valence-electron chi connectivity index (χ3n) is 6.18. The molecule has 0 saturated heterocycles. The Labute approximate surface area is 164 Å².